The second-order valence-corrected chi connectivity index (χ2v) is 3.86. The second-order valence-electron chi connectivity index (χ2n) is 3.86. The number of carbonyl (C=O) groups is 2. The molecule has 0 bridgehead atoms. The highest BCUT2D eigenvalue weighted by molar-refractivity contribution is 5.86. The number of carboxylic acids is 1. The van der Waals surface area contributed by atoms with Crippen molar-refractivity contribution in [3.05, 3.63) is 24.0 Å². The third-order valence-electron chi connectivity index (χ3n) is 2.67. The SMILES string of the molecule is CC(CO)N(C)C(=O)Cn1cccc1C(=O)O. The Balaban J connectivity index is 2.74. The smallest absolute Gasteiger partial charge is 0.352 e. The second kappa shape index (κ2) is 5.49. The summed E-state index contributed by atoms with van der Waals surface area (Å²) >= 11 is 0. The van der Waals surface area contributed by atoms with E-state index in [1.54, 1.807) is 26.2 Å². The Kier molecular flexibility index (Phi) is 4.28. The Bertz CT molecular complexity index is 413. The third-order valence-corrected chi connectivity index (χ3v) is 2.67. The van der Waals surface area contributed by atoms with Crippen molar-refractivity contribution in [1.82, 2.24) is 9.47 Å². The van der Waals surface area contributed by atoms with Crippen molar-refractivity contribution in [2.45, 2.75) is 19.5 Å². The van der Waals surface area contributed by atoms with Crippen LogP contribution < -0.4 is 0 Å². The highest BCUT2D eigenvalue weighted by Crippen LogP contribution is 2.04. The molecule has 1 rings (SSSR count). The molecular formula is C11H16N2O4. The number of hydrogen-bond acceptors (Lipinski definition) is 3. The lowest BCUT2D eigenvalue weighted by Gasteiger charge is -2.23. The summed E-state index contributed by atoms with van der Waals surface area (Å²) < 4.78 is 1.37. The predicted octanol–water partition coefficient (Wildman–Crippen LogP) is 0.0255. The molecular weight excluding hydrogens is 224 g/mol. The average Bonchev–Trinajstić information content (AvgIpc) is 2.75. The summed E-state index contributed by atoms with van der Waals surface area (Å²) in [5, 5.41) is 17.8. The molecule has 6 nitrogen and oxygen atoms in total. The molecule has 1 amide bonds. The highest BCUT2D eigenvalue weighted by atomic mass is 16.4. The summed E-state index contributed by atoms with van der Waals surface area (Å²) in [5.41, 5.74) is 0.0726. The summed E-state index contributed by atoms with van der Waals surface area (Å²) in [6.07, 6.45) is 1.54. The van der Waals surface area contributed by atoms with Crippen LogP contribution in [0.25, 0.3) is 0 Å². The van der Waals surface area contributed by atoms with Gasteiger partial charge in [-0.05, 0) is 19.1 Å². The molecule has 0 saturated heterocycles. The maximum Gasteiger partial charge on any atom is 0.352 e. The Morgan fingerprint density at radius 1 is 1.53 bits per heavy atom. The zero-order valence-corrected chi connectivity index (χ0v) is 9.83. The van der Waals surface area contributed by atoms with Crippen LogP contribution >= 0.6 is 0 Å². The minimum atomic E-state index is -1.07. The Morgan fingerprint density at radius 2 is 2.18 bits per heavy atom. The molecule has 0 aliphatic rings. The Morgan fingerprint density at radius 3 is 2.71 bits per heavy atom. The number of aliphatic hydroxyl groups is 1. The van der Waals surface area contributed by atoms with Gasteiger partial charge >= 0.3 is 5.97 Å². The lowest BCUT2D eigenvalue weighted by molar-refractivity contribution is -0.133. The molecule has 0 aromatic carbocycles. The number of nitrogens with zero attached hydrogens (tertiary/aromatic N) is 2. The lowest BCUT2D eigenvalue weighted by Crippen LogP contribution is -2.39. The molecule has 1 aromatic heterocycles. The zero-order chi connectivity index (χ0) is 13.0. The van der Waals surface area contributed by atoms with Crippen molar-refractivity contribution in [3.8, 4) is 0 Å². The molecule has 1 aromatic rings. The van der Waals surface area contributed by atoms with Crippen LogP contribution in [0, 0.1) is 0 Å². The molecule has 0 aliphatic carbocycles. The van der Waals surface area contributed by atoms with E-state index in [1.165, 1.54) is 15.5 Å². The van der Waals surface area contributed by atoms with Crippen molar-refractivity contribution in [1.29, 1.82) is 0 Å². The van der Waals surface area contributed by atoms with E-state index in [9.17, 15) is 9.59 Å². The molecule has 0 radical (unpaired) electrons. The van der Waals surface area contributed by atoms with Crippen LogP contribution in [0.5, 0.6) is 0 Å². The molecule has 2 N–H and O–H groups in total. The number of rotatable bonds is 5. The topological polar surface area (TPSA) is 82.8 Å². The van der Waals surface area contributed by atoms with Gasteiger partial charge in [0, 0.05) is 13.2 Å². The molecule has 0 saturated carbocycles. The van der Waals surface area contributed by atoms with E-state index >= 15 is 0 Å². The van der Waals surface area contributed by atoms with Crippen LogP contribution in [0.1, 0.15) is 17.4 Å². The number of carboxylic acid groups (broad SMARTS) is 1. The van der Waals surface area contributed by atoms with Gasteiger partial charge in [-0.1, -0.05) is 0 Å². The summed E-state index contributed by atoms with van der Waals surface area (Å²) in [4.78, 5) is 24.0. The highest BCUT2D eigenvalue weighted by Gasteiger charge is 2.17. The molecule has 0 aliphatic heterocycles. The fraction of sp³-hybridized carbons (Fsp3) is 0.455. The number of aromatic carboxylic acids is 1. The first kappa shape index (κ1) is 13.2. The van der Waals surface area contributed by atoms with Crippen molar-refractivity contribution >= 4 is 11.9 Å². The van der Waals surface area contributed by atoms with Crippen LogP contribution in [0.4, 0.5) is 0 Å². The van der Waals surface area contributed by atoms with Gasteiger partial charge in [-0.25, -0.2) is 4.79 Å². The van der Waals surface area contributed by atoms with E-state index < -0.39 is 5.97 Å². The molecule has 6 heteroatoms. The minimum absolute atomic E-state index is 0.0462. The Hall–Kier alpha value is -1.82. The quantitative estimate of drug-likeness (QED) is 0.760. The Labute approximate surface area is 99.1 Å². The van der Waals surface area contributed by atoms with Crippen LogP contribution in [0.15, 0.2) is 18.3 Å². The van der Waals surface area contributed by atoms with Gasteiger partial charge < -0.3 is 19.7 Å². The van der Waals surface area contributed by atoms with Crippen LogP contribution in [-0.4, -0.2) is 51.3 Å². The van der Waals surface area contributed by atoms with Crippen molar-refractivity contribution in [2.24, 2.45) is 0 Å². The van der Waals surface area contributed by atoms with Gasteiger partial charge in [0.15, 0.2) is 0 Å². The zero-order valence-electron chi connectivity index (χ0n) is 9.83. The van der Waals surface area contributed by atoms with Gasteiger partial charge in [-0.15, -0.1) is 0 Å². The van der Waals surface area contributed by atoms with E-state index in [4.69, 9.17) is 10.2 Å². The van der Waals surface area contributed by atoms with E-state index in [2.05, 4.69) is 0 Å². The predicted molar refractivity (Wildman–Crippen MR) is 60.7 cm³/mol. The first-order chi connectivity index (χ1) is 7.97. The number of likely N-dealkylation sites (N-methyl/N-ethyl adjacent to an activating group) is 1. The van der Waals surface area contributed by atoms with Gasteiger partial charge in [-0.2, -0.15) is 0 Å². The minimum Gasteiger partial charge on any atom is -0.477 e. The van der Waals surface area contributed by atoms with Crippen LogP contribution in [0.3, 0.4) is 0 Å². The van der Waals surface area contributed by atoms with Gasteiger partial charge in [0.2, 0.25) is 5.91 Å². The monoisotopic (exact) mass is 240 g/mol. The maximum absolute atomic E-state index is 11.8. The van der Waals surface area contributed by atoms with Crippen molar-refractivity contribution in [2.75, 3.05) is 13.7 Å². The van der Waals surface area contributed by atoms with Gasteiger partial charge in [0.25, 0.3) is 0 Å². The normalized spacial score (nSPS) is 12.2. The molecule has 17 heavy (non-hydrogen) atoms. The number of aliphatic hydroxyl groups excluding tert-OH is 1. The van der Waals surface area contributed by atoms with Gasteiger partial charge in [0.05, 0.1) is 12.6 Å². The van der Waals surface area contributed by atoms with E-state index in [0.717, 1.165) is 0 Å². The molecule has 1 atom stereocenters. The van der Waals surface area contributed by atoms with Gasteiger partial charge in [0.1, 0.15) is 12.2 Å². The first-order valence-corrected chi connectivity index (χ1v) is 5.22. The van der Waals surface area contributed by atoms with Crippen LogP contribution in [-0.2, 0) is 11.3 Å². The molecule has 0 spiro atoms. The summed E-state index contributed by atoms with van der Waals surface area (Å²) in [5.74, 6) is -1.31. The fourth-order valence-electron chi connectivity index (χ4n) is 1.37. The first-order valence-electron chi connectivity index (χ1n) is 5.22. The number of amides is 1. The summed E-state index contributed by atoms with van der Waals surface area (Å²) in [6, 6.07) is 2.73. The maximum atomic E-state index is 11.8. The summed E-state index contributed by atoms with van der Waals surface area (Å²) in [6.45, 7) is 1.54. The lowest BCUT2D eigenvalue weighted by atomic mass is 10.3. The largest absolute Gasteiger partial charge is 0.477 e. The summed E-state index contributed by atoms with van der Waals surface area (Å²) in [7, 11) is 1.58. The van der Waals surface area contributed by atoms with Gasteiger partial charge in [-0.3, -0.25) is 4.79 Å². The fourth-order valence-corrected chi connectivity index (χ4v) is 1.37. The van der Waals surface area contributed by atoms with E-state index in [1.807, 2.05) is 0 Å². The number of aromatic nitrogens is 1. The molecule has 1 unspecified atom stereocenters. The van der Waals surface area contributed by atoms with Crippen molar-refractivity contribution < 1.29 is 19.8 Å². The molecule has 0 fully saturated rings. The standard InChI is InChI=1S/C11H16N2O4/c1-8(7-14)12(2)10(15)6-13-5-3-4-9(13)11(16)17/h3-5,8,14H,6-7H2,1-2H3,(H,16,17). The number of hydrogen-bond donors (Lipinski definition) is 2. The van der Waals surface area contributed by atoms with Crippen LogP contribution in [0.2, 0.25) is 0 Å². The van der Waals surface area contributed by atoms with E-state index in [0.29, 0.717) is 0 Å². The number of carbonyl (C=O) groups excluding carboxylic acids is 1. The molecule has 94 valence electrons. The van der Waals surface area contributed by atoms with E-state index in [-0.39, 0.29) is 30.8 Å². The third kappa shape index (κ3) is 3.07. The van der Waals surface area contributed by atoms with Crippen molar-refractivity contribution in [3.63, 3.8) is 0 Å². The molecule has 1 heterocycles. The average molecular weight is 240 g/mol.